The van der Waals surface area contributed by atoms with Gasteiger partial charge in [-0.2, -0.15) is 0 Å². The van der Waals surface area contributed by atoms with Gasteiger partial charge in [0.15, 0.2) is 0 Å². The molecule has 5 nitrogen and oxygen atoms in total. The Balaban J connectivity index is 1.52. The van der Waals surface area contributed by atoms with Crippen molar-refractivity contribution < 1.29 is 14.3 Å². The van der Waals surface area contributed by atoms with E-state index >= 15 is 0 Å². The number of ether oxygens (including phenoxy) is 1. The first-order chi connectivity index (χ1) is 11.2. The van der Waals surface area contributed by atoms with Gasteiger partial charge in [0.25, 0.3) is 5.91 Å². The van der Waals surface area contributed by atoms with Crippen LogP contribution < -0.4 is 5.32 Å². The maximum absolute atomic E-state index is 12.2. The average Bonchev–Trinajstić information content (AvgIpc) is 3.12. The first kappa shape index (κ1) is 16.0. The lowest BCUT2D eigenvalue weighted by Gasteiger charge is -2.26. The fraction of sp³-hybridized carbons (Fsp3) is 0.556. The molecule has 0 bridgehead atoms. The number of benzene rings is 1. The summed E-state index contributed by atoms with van der Waals surface area (Å²) in [4.78, 5) is 26.2. The molecule has 1 aromatic rings. The smallest absolute Gasteiger partial charge is 0.253 e. The Morgan fingerprint density at radius 2 is 1.83 bits per heavy atom. The second-order valence-electron chi connectivity index (χ2n) is 6.31. The summed E-state index contributed by atoms with van der Waals surface area (Å²) in [5, 5.41) is 2.87. The number of hydrogen-bond donors (Lipinski definition) is 1. The highest BCUT2D eigenvalue weighted by molar-refractivity contribution is 5.94. The molecule has 2 heterocycles. The lowest BCUT2D eigenvalue weighted by atomic mass is 10.1. The van der Waals surface area contributed by atoms with Crippen LogP contribution in [0.5, 0.6) is 0 Å². The van der Waals surface area contributed by atoms with E-state index in [0.29, 0.717) is 13.0 Å². The molecule has 1 N–H and O–H groups in total. The van der Waals surface area contributed by atoms with E-state index in [-0.39, 0.29) is 17.9 Å². The molecule has 124 valence electrons. The average molecular weight is 316 g/mol. The molecule has 2 fully saturated rings. The Kier molecular flexibility index (Phi) is 5.28. The van der Waals surface area contributed by atoms with Gasteiger partial charge in [-0.1, -0.05) is 12.1 Å². The standard InChI is InChI=1S/C18H24N2O3/c21-17(20-10-2-1-3-11-20)13-14-6-8-15(9-7-14)19-18(22)16-5-4-12-23-16/h6-9,16H,1-5,10-13H2,(H,19,22). The van der Waals surface area contributed by atoms with E-state index < -0.39 is 0 Å². The summed E-state index contributed by atoms with van der Waals surface area (Å²) in [6.07, 6.45) is 5.28. The molecule has 1 unspecified atom stereocenters. The van der Waals surface area contributed by atoms with E-state index in [2.05, 4.69) is 5.32 Å². The van der Waals surface area contributed by atoms with Crippen LogP contribution in [0, 0.1) is 0 Å². The predicted molar refractivity (Wildman–Crippen MR) is 88.2 cm³/mol. The second-order valence-corrected chi connectivity index (χ2v) is 6.31. The number of anilines is 1. The number of piperidine rings is 1. The molecule has 5 heteroatoms. The first-order valence-electron chi connectivity index (χ1n) is 8.51. The fourth-order valence-electron chi connectivity index (χ4n) is 3.14. The lowest BCUT2D eigenvalue weighted by molar-refractivity contribution is -0.131. The van der Waals surface area contributed by atoms with Crippen molar-refractivity contribution >= 4 is 17.5 Å². The molecule has 0 saturated carbocycles. The Bertz CT molecular complexity index is 544. The molecule has 3 rings (SSSR count). The third-order valence-electron chi connectivity index (χ3n) is 4.51. The lowest BCUT2D eigenvalue weighted by Crippen LogP contribution is -2.36. The molecular formula is C18H24N2O3. The van der Waals surface area contributed by atoms with E-state index in [1.165, 1.54) is 6.42 Å². The van der Waals surface area contributed by atoms with E-state index in [9.17, 15) is 9.59 Å². The molecule has 2 saturated heterocycles. The predicted octanol–water partition coefficient (Wildman–Crippen LogP) is 2.36. The summed E-state index contributed by atoms with van der Waals surface area (Å²) in [6.45, 7) is 2.43. The summed E-state index contributed by atoms with van der Waals surface area (Å²) < 4.78 is 5.37. The molecule has 0 aliphatic carbocycles. The highest BCUT2D eigenvalue weighted by atomic mass is 16.5. The number of rotatable bonds is 4. The number of hydrogen-bond acceptors (Lipinski definition) is 3. The SMILES string of the molecule is O=C(Nc1ccc(CC(=O)N2CCCCC2)cc1)C1CCCO1. The second kappa shape index (κ2) is 7.59. The van der Waals surface area contributed by atoms with Crippen molar-refractivity contribution in [3.63, 3.8) is 0 Å². The summed E-state index contributed by atoms with van der Waals surface area (Å²) in [6, 6.07) is 7.53. The van der Waals surface area contributed by atoms with Crippen molar-refractivity contribution in [3.05, 3.63) is 29.8 Å². The zero-order valence-corrected chi connectivity index (χ0v) is 13.4. The van der Waals surface area contributed by atoms with Crippen LogP contribution >= 0.6 is 0 Å². The van der Waals surface area contributed by atoms with Gasteiger partial charge in [0.2, 0.25) is 5.91 Å². The number of carbonyl (C=O) groups is 2. The Morgan fingerprint density at radius 1 is 1.09 bits per heavy atom. The zero-order valence-electron chi connectivity index (χ0n) is 13.4. The third kappa shape index (κ3) is 4.32. The molecule has 1 aromatic carbocycles. The molecule has 2 aliphatic heterocycles. The van der Waals surface area contributed by atoms with E-state index in [1.807, 2.05) is 29.2 Å². The molecule has 0 aromatic heterocycles. The fourth-order valence-corrected chi connectivity index (χ4v) is 3.14. The van der Waals surface area contributed by atoms with Crippen LogP contribution in [0.15, 0.2) is 24.3 Å². The normalized spacial score (nSPS) is 21.2. The number of nitrogens with zero attached hydrogens (tertiary/aromatic N) is 1. The van der Waals surface area contributed by atoms with Gasteiger partial charge in [0.1, 0.15) is 6.10 Å². The van der Waals surface area contributed by atoms with E-state index in [1.54, 1.807) is 0 Å². The summed E-state index contributed by atoms with van der Waals surface area (Å²) in [5.74, 6) is 0.112. The van der Waals surface area contributed by atoms with Crippen LogP contribution in [-0.4, -0.2) is 42.5 Å². The minimum Gasteiger partial charge on any atom is -0.368 e. The summed E-state index contributed by atoms with van der Waals surface area (Å²) in [5.41, 5.74) is 1.73. The minimum atomic E-state index is -0.324. The van der Waals surface area contributed by atoms with Gasteiger partial charge in [-0.25, -0.2) is 0 Å². The highest BCUT2D eigenvalue weighted by Gasteiger charge is 2.23. The van der Waals surface area contributed by atoms with Crippen molar-refractivity contribution in [1.82, 2.24) is 4.90 Å². The van der Waals surface area contributed by atoms with Gasteiger partial charge in [-0.15, -0.1) is 0 Å². The van der Waals surface area contributed by atoms with Gasteiger partial charge in [0.05, 0.1) is 6.42 Å². The minimum absolute atomic E-state index is 0.0837. The van der Waals surface area contributed by atoms with Gasteiger partial charge >= 0.3 is 0 Å². The summed E-state index contributed by atoms with van der Waals surface area (Å²) in [7, 11) is 0. The quantitative estimate of drug-likeness (QED) is 0.927. The van der Waals surface area contributed by atoms with Crippen molar-refractivity contribution in [3.8, 4) is 0 Å². The van der Waals surface area contributed by atoms with Gasteiger partial charge in [-0.3, -0.25) is 9.59 Å². The number of nitrogens with one attached hydrogen (secondary N) is 1. The van der Waals surface area contributed by atoms with E-state index in [0.717, 1.165) is 50.0 Å². The number of amides is 2. The van der Waals surface area contributed by atoms with Crippen molar-refractivity contribution in [2.24, 2.45) is 0 Å². The van der Waals surface area contributed by atoms with Crippen molar-refractivity contribution in [1.29, 1.82) is 0 Å². The van der Waals surface area contributed by atoms with Gasteiger partial charge in [0, 0.05) is 25.4 Å². The molecule has 2 aliphatic rings. The highest BCUT2D eigenvalue weighted by Crippen LogP contribution is 2.17. The van der Waals surface area contributed by atoms with Crippen LogP contribution in [0.25, 0.3) is 0 Å². The van der Waals surface area contributed by atoms with E-state index in [4.69, 9.17) is 4.74 Å². The number of likely N-dealkylation sites (tertiary alicyclic amines) is 1. The Hall–Kier alpha value is -1.88. The Labute approximate surface area is 137 Å². The largest absolute Gasteiger partial charge is 0.368 e. The number of carbonyl (C=O) groups excluding carboxylic acids is 2. The van der Waals surface area contributed by atoms with Crippen LogP contribution in [-0.2, 0) is 20.7 Å². The maximum Gasteiger partial charge on any atom is 0.253 e. The summed E-state index contributed by atoms with van der Waals surface area (Å²) >= 11 is 0. The molecular weight excluding hydrogens is 292 g/mol. The van der Waals surface area contributed by atoms with Crippen LogP contribution in [0.1, 0.15) is 37.7 Å². The molecule has 1 atom stereocenters. The van der Waals surface area contributed by atoms with Crippen molar-refractivity contribution in [2.75, 3.05) is 25.0 Å². The molecule has 23 heavy (non-hydrogen) atoms. The van der Waals surface area contributed by atoms with Crippen LogP contribution in [0.2, 0.25) is 0 Å². The van der Waals surface area contributed by atoms with Crippen LogP contribution in [0.3, 0.4) is 0 Å². The zero-order chi connectivity index (χ0) is 16.1. The maximum atomic E-state index is 12.2. The third-order valence-corrected chi connectivity index (χ3v) is 4.51. The van der Waals surface area contributed by atoms with Gasteiger partial charge < -0.3 is 15.0 Å². The van der Waals surface area contributed by atoms with Crippen LogP contribution in [0.4, 0.5) is 5.69 Å². The molecule has 0 radical (unpaired) electrons. The topological polar surface area (TPSA) is 58.6 Å². The first-order valence-corrected chi connectivity index (χ1v) is 8.51. The Morgan fingerprint density at radius 3 is 2.48 bits per heavy atom. The molecule has 0 spiro atoms. The van der Waals surface area contributed by atoms with Gasteiger partial charge in [-0.05, 0) is 49.8 Å². The monoisotopic (exact) mass is 316 g/mol. The molecule has 2 amide bonds. The van der Waals surface area contributed by atoms with Crippen molar-refractivity contribution in [2.45, 2.75) is 44.6 Å².